The first-order valence-corrected chi connectivity index (χ1v) is 7.79. The number of piperidine rings is 1. The van der Waals surface area contributed by atoms with E-state index >= 15 is 0 Å². The lowest BCUT2D eigenvalue weighted by Crippen LogP contribution is -2.33. The molecule has 19 heavy (non-hydrogen) atoms. The standard InChI is InChI=1S/C13H22N2S.CO2/c1-3-7-15-8-5-11(6-9-15)13-14-12(4-2)10-16-13;2-1-3/h10-11H,3-9H2,1-2H3;. The summed E-state index contributed by atoms with van der Waals surface area (Å²) in [5.41, 5.74) is 1.27. The van der Waals surface area contributed by atoms with Crippen molar-refractivity contribution in [3.63, 3.8) is 0 Å². The fourth-order valence-corrected chi connectivity index (χ4v) is 3.47. The minimum atomic E-state index is 0.250. The zero-order valence-corrected chi connectivity index (χ0v) is 12.5. The van der Waals surface area contributed by atoms with Gasteiger partial charge in [0.2, 0.25) is 0 Å². The van der Waals surface area contributed by atoms with E-state index in [-0.39, 0.29) is 6.15 Å². The molecule has 2 rings (SSSR count). The van der Waals surface area contributed by atoms with E-state index in [0.717, 1.165) is 12.3 Å². The van der Waals surface area contributed by atoms with E-state index in [1.54, 1.807) is 0 Å². The van der Waals surface area contributed by atoms with Crippen LogP contribution in [-0.4, -0.2) is 35.7 Å². The minimum absolute atomic E-state index is 0.250. The van der Waals surface area contributed by atoms with E-state index in [1.165, 1.54) is 49.6 Å². The molecule has 1 saturated heterocycles. The number of hydrogen-bond acceptors (Lipinski definition) is 5. The molecule has 0 aromatic carbocycles. The smallest absolute Gasteiger partial charge is 0.303 e. The Labute approximate surface area is 118 Å². The van der Waals surface area contributed by atoms with Gasteiger partial charge in [-0.25, -0.2) is 4.98 Å². The van der Waals surface area contributed by atoms with Gasteiger partial charge in [-0.05, 0) is 45.3 Å². The lowest BCUT2D eigenvalue weighted by molar-refractivity contribution is -0.191. The molecule has 5 heteroatoms. The molecule has 2 heterocycles. The number of aromatic nitrogens is 1. The average molecular weight is 282 g/mol. The fraction of sp³-hybridized carbons (Fsp3) is 0.714. The zero-order chi connectivity index (χ0) is 14.1. The van der Waals surface area contributed by atoms with Gasteiger partial charge in [-0.2, -0.15) is 9.59 Å². The predicted molar refractivity (Wildman–Crippen MR) is 75.2 cm³/mol. The highest BCUT2D eigenvalue weighted by atomic mass is 32.1. The van der Waals surface area contributed by atoms with E-state index in [1.807, 2.05) is 11.3 Å². The van der Waals surface area contributed by atoms with Gasteiger partial charge in [-0.3, -0.25) is 0 Å². The van der Waals surface area contributed by atoms with Crippen molar-refractivity contribution < 1.29 is 9.59 Å². The second-order valence-corrected chi connectivity index (χ2v) is 5.62. The Bertz CT molecular complexity index is 392. The molecule has 106 valence electrons. The number of likely N-dealkylation sites (tertiary alicyclic amines) is 1. The molecule has 0 radical (unpaired) electrons. The topological polar surface area (TPSA) is 50.3 Å². The molecule has 1 fully saturated rings. The van der Waals surface area contributed by atoms with Crippen molar-refractivity contribution >= 4 is 17.5 Å². The fourth-order valence-electron chi connectivity index (χ4n) is 2.39. The van der Waals surface area contributed by atoms with Crippen LogP contribution >= 0.6 is 11.3 Å². The molecule has 0 bridgehead atoms. The number of aryl methyl sites for hydroxylation is 1. The molecule has 1 aromatic rings. The van der Waals surface area contributed by atoms with Gasteiger partial charge in [0.1, 0.15) is 0 Å². The molecule has 0 unspecified atom stereocenters. The summed E-state index contributed by atoms with van der Waals surface area (Å²) in [6.07, 6.45) is 5.21. The Morgan fingerprint density at radius 1 is 1.37 bits per heavy atom. The highest BCUT2D eigenvalue weighted by molar-refractivity contribution is 7.09. The third-order valence-corrected chi connectivity index (χ3v) is 4.46. The van der Waals surface area contributed by atoms with Crippen LogP contribution in [0.3, 0.4) is 0 Å². The van der Waals surface area contributed by atoms with Crippen LogP contribution in [0, 0.1) is 0 Å². The van der Waals surface area contributed by atoms with Crippen LogP contribution in [-0.2, 0) is 16.0 Å². The summed E-state index contributed by atoms with van der Waals surface area (Å²) in [5.74, 6) is 0.735. The van der Waals surface area contributed by atoms with Gasteiger partial charge in [0.05, 0.1) is 10.7 Å². The highest BCUT2D eigenvalue weighted by Crippen LogP contribution is 2.30. The molecular formula is C14H22N2O2S. The molecule has 0 atom stereocenters. The maximum atomic E-state index is 8.12. The molecule has 0 N–H and O–H groups in total. The molecule has 0 aliphatic carbocycles. The summed E-state index contributed by atoms with van der Waals surface area (Å²) in [5, 5.41) is 3.61. The quantitative estimate of drug-likeness (QED) is 0.852. The van der Waals surface area contributed by atoms with Gasteiger partial charge in [0.15, 0.2) is 0 Å². The first kappa shape index (κ1) is 16.0. The lowest BCUT2D eigenvalue weighted by Gasteiger charge is -2.30. The molecule has 0 amide bonds. The molecule has 4 nitrogen and oxygen atoms in total. The van der Waals surface area contributed by atoms with Crippen LogP contribution in [0.2, 0.25) is 0 Å². The van der Waals surface area contributed by atoms with Gasteiger partial charge in [-0.15, -0.1) is 11.3 Å². The minimum Gasteiger partial charge on any atom is -0.303 e. The van der Waals surface area contributed by atoms with Crippen molar-refractivity contribution in [3.8, 4) is 0 Å². The predicted octanol–water partition coefficient (Wildman–Crippen LogP) is 2.71. The largest absolute Gasteiger partial charge is 0.373 e. The highest BCUT2D eigenvalue weighted by Gasteiger charge is 2.22. The number of carbonyl (C=O) groups excluding carboxylic acids is 2. The third-order valence-electron chi connectivity index (χ3n) is 3.41. The first-order valence-electron chi connectivity index (χ1n) is 6.91. The van der Waals surface area contributed by atoms with E-state index in [0.29, 0.717) is 0 Å². The Morgan fingerprint density at radius 2 is 2.00 bits per heavy atom. The Kier molecular flexibility index (Phi) is 7.56. The third kappa shape index (κ3) is 5.23. The van der Waals surface area contributed by atoms with Gasteiger partial charge < -0.3 is 4.90 Å². The Hall–Kier alpha value is -1.03. The van der Waals surface area contributed by atoms with Gasteiger partial charge >= 0.3 is 6.15 Å². The average Bonchev–Trinajstić information content (AvgIpc) is 2.90. The molecular weight excluding hydrogens is 260 g/mol. The number of rotatable bonds is 4. The van der Waals surface area contributed by atoms with Crippen molar-refractivity contribution in [1.82, 2.24) is 9.88 Å². The number of thiazole rings is 1. The SMILES string of the molecule is CCCN1CCC(c2nc(CC)cs2)CC1.O=C=O. The van der Waals surface area contributed by atoms with Crippen LogP contribution in [0.1, 0.15) is 49.7 Å². The van der Waals surface area contributed by atoms with E-state index in [2.05, 4.69) is 24.1 Å². The normalized spacial score (nSPS) is 16.5. The lowest BCUT2D eigenvalue weighted by atomic mass is 9.97. The van der Waals surface area contributed by atoms with Gasteiger partial charge in [-0.1, -0.05) is 13.8 Å². The van der Waals surface area contributed by atoms with E-state index < -0.39 is 0 Å². The van der Waals surface area contributed by atoms with Crippen molar-refractivity contribution in [3.05, 3.63) is 16.1 Å². The number of hydrogen-bond donors (Lipinski definition) is 0. The summed E-state index contributed by atoms with van der Waals surface area (Å²) >= 11 is 1.87. The molecule has 0 saturated carbocycles. The van der Waals surface area contributed by atoms with Crippen LogP contribution in [0.4, 0.5) is 0 Å². The maximum Gasteiger partial charge on any atom is 0.373 e. The van der Waals surface area contributed by atoms with Crippen molar-refractivity contribution in [2.24, 2.45) is 0 Å². The van der Waals surface area contributed by atoms with Crippen LogP contribution < -0.4 is 0 Å². The monoisotopic (exact) mass is 282 g/mol. The van der Waals surface area contributed by atoms with Crippen LogP contribution in [0.5, 0.6) is 0 Å². The van der Waals surface area contributed by atoms with Crippen LogP contribution in [0.25, 0.3) is 0 Å². The summed E-state index contributed by atoms with van der Waals surface area (Å²) in [4.78, 5) is 23.6. The van der Waals surface area contributed by atoms with E-state index in [4.69, 9.17) is 14.6 Å². The van der Waals surface area contributed by atoms with Crippen molar-refractivity contribution in [1.29, 1.82) is 0 Å². The zero-order valence-electron chi connectivity index (χ0n) is 11.7. The maximum absolute atomic E-state index is 8.12. The second kappa shape index (κ2) is 8.97. The molecule has 1 aliphatic rings. The molecule has 1 aromatic heterocycles. The Morgan fingerprint density at radius 3 is 2.47 bits per heavy atom. The van der Waals surface area contributed by atoms with Crippen molar-refractivity contribution in [2.75, 3.05) is 19.6 Å². The first-order chi connectivity index (χ1) is 9.24. The summed E-state index contributed by atoms with van der Waals surface area (Å²) in [7, 11) is 0. The summed E-state index contributed by atoms with van der Waals surface area (Å²) < 4.78 is 0. The second-order valence-electron chi connectivity index (χ2n) is 4.73. The number of nitrogens with zero attached hydrogens (tertiary/aromatic N) is 2. The van der Waals surface area contributed by atoms with Crippen molar-refractivity contribution in [2.45, 2.75) is 45.4 Å². The Balaban J connectivity index is 0.000000550. The van der Waals surface area contributed by atoms with Gasteiger partial charge in [0, 0.05) is 11.3 Å². The van der Waals surface area contributed by atoms with E-state index in [9.17, 15) is 0 Å². The summed E-state index contributed by atoms with van der Waals surface area (Å²) in [6.45, 7) is 8.24. The van der Waals surface area contributed by atoms with Gasteiger partial charge in [0.25, 0.3) is 0 Å². The molecule has 1 aliphatic heterocycles. The van der Waals surface area contributed by atoms with Crippen LogP contribution in [0.15, 0.2) is 5.38 Å². The summed E-state index contributed by atoms with van der Waals surface area (Å²) in [6, 6.07) is 0. The molecule has 0 spiro atoms.